The molecule has 0 unspecified atom stereocenters. The van der Waals surface area contributed by atoms with Crippen molar-refractivity contribution in [3.05, 3.63) is 0 Å². The normalized spacial score (nSPS) is 14.3. The molecule has 0 spiro atoms. The monoisotopic (exact) mass is 186 g/mol. The van der Waals surface area contributed by atoms with Gasteiger partial charge < -0.3 is 9.84 Å². The van der Waals surface area contributed by atoms with Crippen molar-refractivity contribution < 1.29 is 27.8 Å². The largest absolute Gasteiger partial charge is 0.481 e. The lowest BCUT2D eigenvalue weighted by atomic mass is 10.3. The zero-order valence-corrected chi connectivity index (χ0v) is 6.39. The van der Waals surface area contributed by atoms with Gasteiger partial charge in [0.25, 0.3) is 0 Å². The fourth-order valence-corrected chi connectivity index (χ4v) is 0.542. The number of alkyl halides is 3. The standard InChI is InChI=1S/C6H9F3O3/c1-4(2-5(10)11)12-3-6(7,8)9/h4H,2-3H2,1H3,(H,10,11)/t4-/m1/s1. The lowest BCUT2D eigenvalue weighted by Gasteiger charge is -2.12. The van der Waals surface area contributed by atoms with Crippen LogP contribution in [0, 0.1) is 0 Å². The maximum absolute atomic E-state index is 11.5. The predicted molar refractivity (Wildman–Crippen MR) is 33.7 cm³/mol. The summed E-state index contributed by atoms with van der Waals surface area (Å²) in [7, 11) is 0. The Morgan fingerprint density at radius 1 is 1.58 bits per heavy atom. The maximum Gasteiger partial charge on any atom is 0.411 e. The molecule has 0 aliphatic carbocycles. The molecule has 0 aromatic carbocycles. The van der Waals surface area contributed by atoms with Gasteiger partial charge in [-0.2, -0.15) is 13.2 Å². The highest BCUT2D eigenvalue weighted by Crippen LogP contribution is 2.15. The Bertz CT molecular complexity index is 155. The van der Waals surface area contributed by atoms with Crippen molar-refractivity contribution in [3.8, 4) is 0 Å². The Balaban J connectivity index is 3.57. The minimum absolute atomic E-state index is 0.421. The van der Waals surface area contributed by atoms with E-state index in [0.29, 0.717) is 0 Å². The average molecular weight is 186 g/mol. The van der Waals surface area contributed by atoms with Crippen LogP contribution in [-0.4, -0.2) is 30.0 Å². The number of hydrogen-bond acceptors (Lipinski definition) is 2. The number of carbonyl (C=O) groups is 1. The van der Waals surface area contributed by atoms with Crippen molar-refractivity contribution in [1.82, 2.24) is 0 Å². The van der Waals surface area contributed by atoms with E-state index in [0.717, 1.165) is 0 Å². The zero-order valence-electron chi connectivity index (χ0n) is 6.39. The summed E-state index contributed by atoms with van der Waals surface area (Å²) in [5.74, 6) is -1.18. The molecule has 1 atom stereocenters. The summed E-state index contributed by atoms with van der Waals surface area (Å²) in [6.45, 7) is -0.124. The molecule has 0 rings (SSSR count). The molecule has 12 heavy (non-hydrogen) atoms. The van der Waals surface area contributed by atoms with Crippen molar-refractivity contribution in [2.24, 2.45) is 0 Å². The third-order valence-electron chi connectivity index (χ3n) is 0.994. The SMILES string of the molecule is C[C@H](CC(=O)O)OCC(F)(F)F. The zero-order chi connectivity index (χ0) is 9.78. The van der Waals surface area contributed by atoms with Crippen molar-refractivity contribution in [2.45, 2.75) is 25.6 Å². The van der Waals surface area contributed by atoms with E-state index in [9.17, 15) is 18.0 Å². The Morgan fingerprint density at radius 3 is 2.42 bits per heavy atom. The van der Waals surface area contributed by atoms with Gasteiger partial charge in [0, 0.05) is 0 Å². The number of ether oxygens (including phenoxy) is 1. The molecule has 0 saturated heterocycles. The first-order valence-electron chi connectivity index (χ1n) is 3.21. The molecule has 0 amide bonds. The lowest BCUT2D eigenvalue weighted by molar-refractivity contribution is -0.186. The van der Waals surface area contributed by atoms with Crippen LogP contribution in [-0.2, 0) is 9.53 Å². The topological polar surface area (TPSA) is 46.5 Å². The number of aliphatic carboxylic acids is 1. The first-order valence-corrected chi connectivity index (χ1v) is 3.21. The first kappa shape index (κ1) is 11.2. The summed E-state index contributed by atoms with van der Waals surface area (Å²) >= 11 is 0. The third kappa shape index (κ3) is 7.33. The first-order chi connectivity index (χ1) is 5.31. The van der Waals surface area contributed by atoms with Gasteiger partial charge in [0.1, 0.15) is 6.61 Å². The molecule has 0 fully saturated rings. The quantitative estimate of drug-likeness (QED) is 0.722. The summed E-state index contributed by atoms with van der Waals surface area (Å²) < 4.78 is 38.7. The van der Waals surface area contributed by atoms with Crippen molar-refractivity contribution in [2.75, 3.05) is 6.61 Å². The van der Waals surface area contributed by atoms with Gasteiger partial charge in [0.05, 0.1) is 12.5 Å². The van der Waals surface area contributed by atoms with Gasteiger partial charge in [0.15, 0.2) is 0 Å². The molecular formula is C6H9F3O3. The van der Waals surface area contributed by atoms with E-state index in [-0.39, 0.29) is 0 Å². The molecule has 0 bridgehead atoms. The minimum Gasteiger partial charge on any atom is -0.481 e. The molecule has 1 N–H and O–H groups in total. The van der Waals surface area contributed by atoms with E-state index in [1.54, 1.807) is 0 Å². The van der Waals surface area contributed by atoms with Crippen LogP contribution in [0.3, 0.4) is 0 Å². The molecular weight excluding hydrogens is 177 g/mol. The molecule has 3 nitrogen and oxygen atoms in total. The van der Waals surface area contributed by atoms with Crippen LogP contribution in [0.4, 0.5) is 13.2 Å². The Morgan fingerprint density at radius 2 is 2.08 bits per heavy atom. The lowest BCUT2D eigenvalue weighted by Crippen LogP contribution is -2.23. The number of hydrogen-bond donors (Lipinski definition) is 1. The summed E-state index contributed by atoms with van der Waals surface area (Å²) in [6.07, 6.45) is -5.73. The predicted octanol–water partition coefficient (Wildman–Crippen LogP) is 1.43. The molecule has 0 radical (unpaired) electrons. The van der Waals surface area contributed by atoms with E-state index in [4.69, 9.17) is 5.11 Å². The van der Waals surface area contributed by atoms with Crippen LogP contribution in [0.1, 0.15) is 13.3 Å². The second-order valence-electron chi connectivity index (χ2n) is 2.33. The summed E-state index contributed by atoms with van der Waals surface area (Å²) in [5, 5.41) is 8.15. The minimum atomic E-state index is -4.40. The van der Waals surface area contributed by atoms with Gasteiger partial charge in [-0.3, -0.25) is 4.79 Å². The highest BCUT2D eigenvalue weighted by molar-refractivity contribution is 5.67. The summed E-state index contributed by atoms with van der Waals surface area (Å²) in [6, 6.07) is 0. The fourth-order valence-electron chi connectivity index (χ4n) is 0.542. The van der Waals surface area contributed by atoms with Gasteiger partial charge in [0.2, 0.25) is 0 Å². The van der Waals surface area contributed by atoms with E-state index in [1.165, 1.54) is 6.92 Å². The van der Waals surface area contributed by atoms with Crippen LogP contribution in [0.25, 0.3) is 0 Å². The van der Waals surface area contributed by atoms with Gasteiger partial charge in [-0.1, -0.05) is 0 Å². The smallest absolute Gasteiger partial charge is 0.411 e. The van der Waals surface area contributed by atoms with E-state index in [1.807, 2.05) is 0 Å². The molecule has 0 aliphatic rings. The Hall–Kier alpha value is -0.780. The highest BCUT2D eigenvalue weighted by atomic mass is 19.4. The number of rotatable bonds is 4. The molecule has 0 heterocycles. The third-order valence-corrected chi connectivity index (χ3v) is 0.994. The fraction of sp³-hybridized carbons (Fsp3) is 0.833. The second kappa shape index (κ2) is 4.30. The molecule has 0 aromatic heterocycles. The van der Waals surface area contributed by atoms with Gasteiger partial charge in [-0.05, 0) is 6.92 Å². The second-order valence-corrected chi connectivity index (χ2v) is 2.33. The van der Waals surface area contributed by atoms with Crippen molar-refractivity contribution in [1.29, 1.82) is 0 Å². The molecule has 0 aliphatic heterocycles. The molecule has 0 aromatic rings. The van der Waals surface area contributed by atoms with Gasteiger partial charge in [-0.15, -0.1) is 0 Å². The van der Waals surface area contributed by atoms with E-state index < -0.39 is 31.3 Å². The number of halogens is 3. The number of carboxylic acids is 1. The maximum atomic E-state index is 11.5. The Kier molecular flexibility index (Phi) is 4.02. The molecule has 0 saturated carbocycles. The van der Waals surface area contributed by atoms with Crippen molar-refractivity contribution >= 4 is 5.97 Å². The summed E-state index contributed by atoms with van der Waals surface area (Å²) in [5.41, 5.74) is 0. The summed E-state index contributed by atoms with van der Waals surface area (Å²) in [4.78, 5) is 9.97. The average Bonchev–Trinajstić information content (AvgIpc) is 1.80. The van der Waals surface area contributed by atoms with E-state index >= 15 is 0 Å². The van der Waals surface area contributed by atoms with Crippen LogP contribution >= 0.6 is 0 Å². The van der Waals surface area contributed by atoms with Crippen molar-refractivity contribution in [3.63, 3.8) is 0 Å². The van der Waals surface area contributed by atoms with Gasteiger partial charge in [-0.25, -0.2) is 0 Å². The molecule has 72 valence electrons. The van der Waals surface area contributed by atoms with Crippen LogP contribution in [0.15, 0.2) is 0 Å². The van der Waals surface area contributed by atoms with Gasteiger partial charge >= 0.3 is 12.1 Å². The van der Waals surface area contributed by atoms with Crippen LogP contribution in [0.5, 0.6) is 0 Å². The Labute approximate surface area is 67.1 Å². The molecule has 6 heteroatoms. The highest BCUT2D eigenvalue weighted by Gasteiger charge is 2.28. The van der Waals surface area contributed by atoms with Crippen LogP contribution in [0.2, 0.25) is 0 Å². The van der Waals surface area contributed by atoms with Crippen LogP contribution < -0.4 is 0 Å². The number of carboxylic acid groups (broad SMARTS) is 1. The van der Waals surface area contributed by atoms with E-state index in [2.05, 4.69) is 4.74 Å².